The van der Waals surface area contributed by atoms with Gasteiger partial charge in [-0.1, -0.05) is 53.2 Å². The van der Waals surface area contributed by atoms with Gasteiger partial charge in [-0.05, 0) is 50.1 Å². The van der Waals surface area contributed by atoms with E-state index in [-0.39, 0.29) is 24.5 Å². The average molecular weight is 447 g/mol. The highest BCUT2D eigenvalue weighted by molar-refractivity contribution is 9.10. The van der Waals surface area contributed by atoms with Crippen LogP contribution in [0.2, 0.25) is 0 Å². The monoisotopic (exact) mass is 446 g/mol. The van der Waals surface area contributed by atoms with Gasteiger partial charge in [-0.15, -0.1) is 0 Å². The number of hydrogen-bond donors (Lipinski definition) is 1. The molecule has 150 valence electrons. The van der Waals surface area contributed by atoms with E-state index < -0.39 is 6.04 Å². The number of nitrogens with zero attached hydrogens (tertiary/aromatic N) is 1. The lowest BCUT2D eigenvalue weighted by Crippen LogP contribution is -2.50. The molecule has 0 aliphatic heterocycles. The molecule has 2 atom stereocenters. The van der Waals surface area contributed by atoms with Crippen LogP contribution in [0.5, 0.6) is 5.75 Å². The minimum atomic E-state index is -0.611. The fourth-order valence-corrected chi connectivity index (χ4v) is 3.07. The molecule has 0 heterocycles. The number of amides is 2. The van der Waals surface area contributed by atoms with Gasteiger partial charge in [0.25, 0.3) is 5.91 Å². The van der Waals surface area contributed by atoms with Crippen LogP contribution in [0.1, 0.15) is 32.8 Å². The molecule has 6 heteroatoms. The second-order valence-electron chi connectivity index (χ2n) is 6.75. The lowest BCUT2D eigenvalue weighted by Gasteiger charge is -2.29. The summed E-state index contributed by atoms with van der Waals surface area (Å²) in [4.78, 5) is 27.1. The SMILES string of the molecule is CC[C@@H](C)NC(=O)[C@H](C)N(Cc1cccc(Br)c1)C(=O)COc1ccccc1. The highest BCUT2D eigenvalue weighted by Crippen LogP contribution is 2.16. The molecular weight excluding hydrogens is 420 g/mol. The molecule has 0 aromatic heterocycles. The van der Waals surface area contributed by atoms with Crippen molar-refractivity contribution < 1.29 is 14.3 Å². The van der Waals surface area contributed by atoms with E-state index in [2.05, 4.69) is 21.2 Å². The zero-order valence-electron chi connectivity index (χ0n) is 16.5. The second-order valence-corrected chi connectivity index (χ2v) is 7.66. The molecule has 0 radical (unpaired) electrons. The molecule has 0 saturated carbocycles. The van der Waals surface area contributed by atoms with Gasteiger partial charge in [0.2, 0.25) is 5.91 Å². The third-order valence-electron chi connectivity index (χ3n) is 4.52. The maximum absolute atomic E-state index is 12.9. The first-order valence-corrected chi connectivity index (χ1v) is 10.2. The standard InChI is InChI=1S/C22H27BrN2O3/c1-4-16(2)24-22(27)17(3)25(14-18-9-8-10-19(23)13-18)21(26)15-28-20-11-6-5-7-12-20/h5-13,16-17H,4,14-15H2,1-3H3,(H,24,27)/t16-,17+/m1/s1. The Morgan fingerprint density at radius 3 is 2.46 bits per heavy atom. The van der Waals surface area contributed by atoms with Gasteiger partial charge in [0.05, 0.1) is 0 Å². The molecule has 2 rings (SSSR count). The van der Waals surface area contributed by atoms with Crippen molar-refractivity contribution in [3.05, 3.63) is 64.6 Å². The Bertz CT molecular complexity index is 782. The van der Waals surface area contributed by atoms with E-state index in [9.17, 15) is 9.59 Å². The van der Waals surface area contributed by atoms with E-state index in [0.29, 0.717) is 12.3 Å². The fourth-order valence-electron chi connectivity index (χ4n) is 2.62. The summed E-state index contributed by atoms with van der Waals surface area (Å²) in [5, 5.41) is 2.95. The van der Waals surface area contributed by atoms with Crippen molar-refractivity contribution in [3.63, 3.8) is 0 Å². The molecule has 0 spiro atoms. The number of benzene rings is 2. The summed E-state index contributed by atoms with van der Waals surface area (Å²) in [5.74, 6) is 0.211. The van der Waals surface area contributed by atoms with Crippen LogP contribution >= 0.6 is 15.9 Å². The summed E-state index contributed by atoms with van der Waals surface area (Å²) in [6.45, 7) is 5.90. The number of rotatable bonds is 9. The molecule has 0 aliphatic rings. The molecule has 0 aliphatic carbocycles. The second kappa shape index (κ2) is 10.9. The van der Waals surface area contributed by atoms with Crippen LogP contribution in [0.3, 0.4) is 0 Å². The molecule has 28 heavy (non-hydrogen) atoms. The summed E-state index contributed by atoms with van der Waals surface area (Å²) in [6, 6.07) is 16.3. The van der Waals surface area contributed by atoms with E-state index in [0.717, 1.165) is 16.5 Å². The number of halogens is 1. The van der Waals surface area contributed by atoms with Crippen molar-refractivity contribution >= 4 is 27.7 Å². The van der Waals surface area contributed by atoms with Gasteiger partial charge in [-0.2, -0.15) is 0 Å². The first-order valence-electron chi connectivity index (χ1n) is 9.42. The van der Waals surface area contributed by atoms with E-state index in [1.807, 2.05) is 56.3 Å². The minimum absolute atomic E-state index is 0.0540. The van der Waals surface area contributed by atoms with Crippen molar-refractivity contribution in [1.82, 2.24) is 10.2 Å². The summed E-state index contributed by atoms with van der Waals surface area (Å²) >= 11 is 3.45. The van der Waals surface area contributed by atoms with E-state index in [1.165, 1.54) is 0 Å². The quantitative estimate of drug-likeness (QED) is 0.628. The van der Waals surface area contributed by atoms with Gasteiger partial charge in [0.15, 0.2) is 6.61 Å². The minimum Gasteiger partial charge on any atom is -0.484 e. The van der Waals surface area contributed by atoms with E-state index in [1.54, 1.807) is 24.0 Å². The first kappa shape index (κ1) is 22.0. The van der Waals surface area contributed by atoms with E-state index in [4.69, 9.17) is 4.74 Å². The zero-order valence-corrected chi connectivity index (χ0v) is 18.1. The molecule has 0 bridgehead atoms. The maximum Gasteiger partial charge on any atom is 0.261 e. The molecular formula is C22H27BrN2O3. The predicted molar refractivity (Wildman–Crippen MR) is 114 cm³/mol. The van der Waals surface area contributed by atoms with Crippen LogP contribution in [0.15, 0.2) is 59.1 Å². The van der Waals surface area contributed by atoms with Crippen LogP contribution in [-0.4, -0.2) is 35.4 Å². The lowest BCUT2D eigenvalue weighted by molar-refractivity contribution is -0.142. The Morgan fingerprint density at radius 2 is 1.82 bits per heavy atom. The topological polar surface area (TPSA) is 58.6 Å². The van der Waals surface area contributed by atoms with Crippen molar-refractivity contribution in [2.24, 2.45) is 0 Å². The normalized spacial score (nSPS) is 12.7. The summed E-state index contributed by atoms with van der Waals surface area (Å²) in [6.07, 6.45) is 0.829. The van der Waals surface area contributed by atoms with Gasteiger partial charge >= 0.3 is 0 Å². The highest BCUT2D eigenvalue weighted by Gasteiger charge is 2.27. The molecule has 5 nitrogen and oxygen atoms in total. The number of hydrogen-bond acceptors (Lipinski definition) is 3. The molecule has 0 saturated heterocycles. The average Bonchev–Trinajstić information content (AvgIpc) is 2.70. The smallest absolute Gasteiger partial charge is 0.261 e. The number of para-hydroxylation sites is 1. The number of ether oxygens (including phenoxy) is 1. The van der Waals surface area contributed by atoms with Crippen LogP contribution in [0.25, 0.3) is 0 Å². The molecule has 2 aromatic rings. The Hall–Kier alpha value is -2.34. The largest absolute Gasteiger partial charge is 0.484 e. The van der Waals surface area contributed by atoms with E-state index >= 15 is 0 Å². The highest BCUT2D eigenvalue weighted by atomic mass is 79.9. The van der Waals surface area contributed by atoms with Gasteiger partial charge < -0.3 is 15.0 Å². The summed E-state index contributed by atoms with van der Waals surface area (Å²) in [7, 11) is 0. The Kier molecular flexibility index (Phi) is 8.51. The van der Waals surface area contributed by atoms with Gasteiger partial charge in [0.1, 0.15) is 11.8 Å². The molecule has 0 fully saturated rings. The maximum atomic E-state index is 12.9. The van der Waals surface area contributed by atoms with Crippen LogP contribution in [0, 0.1) is 0 Å². The Morgan fingerprint density at radius 1 is 1.11 bits per heavy atom. The third kappa shape index (κ3) is 6.68. The fraction of sp³-hybridized carbons (Fsp3) is 0.364. The predicted octanol–water partition coefficient (Wildman–Crippen LogP) is 4.16. The number of nitrogens with one attached hydrogen (secondary N) is 1. The summed E-state index contributed by atoms with van der Waals surface area (Å²) in [5.41, 5.74) is 0.936. The van der Waals surface area contributed by atoms with Crippen LogP contribution < -0.4 is 10.1 Å². The van der Waals surface area contributed by atoms with Crippen molar-refractivity contribution in [3.8, 4) is 5.75 Å². The molecule has 2 amide bonds. The first-order chi connectivity index (χ1) is 13.4. The molecule has 1 N–H and O–H groups in total. The van der Waals surface area contributed by atoms with Gasteiger partial charge in [-0.3, -0.25) is 9.59 Å². The molecule has 2 aromatic carbocycles. The number of carbonyl (C=O) groups is 2. The number of carbonyl (C=O) groups excluding carboxylic acids is 2. The molecule has 0 unspecified atom stereocenters. The van der Waals surface area contributed by atoms with Crippen LogP contribution in [-0.2, 0) is 16.1 Å². The lowest BCUT2D eigenvalue weighted by atomic mass is 10.1. The Labute approximate surface area is 175 Å². The summed E-state index contributed by atoms with van der Waals surface area (Å²) < 4.78 is 6.54. The van der Waals surface area contributed by atoms with Crippen LogP contribution in [0.4, 0.5) is 0 Å². The van der Waals surface area contributed by atoms with Gasteiger partial charge in [0, 0.05) is 17.1 Å². The van der Waals surface area contributed by atoms with Crippen molar-refractivity contribution in [2.75, 3.05) is 6.61 Å². The Balaban J connectivity index is 2.14. The third-order valence-corrected chi connectivity index (χ3v) is 5.01. The zero-order chi connectivity index (χ0) is 20.5. The van der Waals surface area contributed by atoms with Crippen molar-refractivity contribution in [2.45, 2.75) is 45.8 Å². The van der Waals surface area contributed by atoms with Crippen molar-refractivity contribution in [1.29, 1.82) is 0 Å². The van der Waals surface area contributed by atoms with Gasteiger partial charge in [-0.25, -0.2) is 0 Å².